The van der Waals surface area contributed by atoms with E-state index in [0.717, 1.165) is 5.56 Å². The van der Waals surface area contributed by atoms with Gasteiger partial charge >= 0.3 is 0 Å². The monoisotopic (exact) mass is 325 g/mol. The summed E-state index contributed by atoms with van der Waals surface area (Å²) in [7, 11) is 0. The van der Waals surface area contributed by atoms with Gasteiger partial charge in [-0.15, -0.1) is 0 Å². The van der Waals surface area contributed by atoms with Crippen molar-refractivity contribution in [2.24, 2.45) is 5.92 Å². The molecule has 1 fully saturated rings. The largest absolute Gasteiger partial charge is 0.390 e. The smallest absolute Gasteiger partial charge is 0.163 e. The second-order valence-electron chi connectivity index (χ2n) is 6.32. The number of nitrogen functional groups attached to an aromatic ring is 1. The zero-order valence-corrected chi connectivity index (χ0v) is 13.0. The summed E-state index contributed by atoms with van der Waals surface area (Å²) >= 11 is 0. The Morgan fingerprint density at radius 2 is 1.92 bits per heavy atom. The molecule has 4 rings (SSSR count). The molecule has 1 aliphatic carbocycles. The van der Waals surface area contributed by atoms with Crippen molar-refractivity contribution in [1.82, 2.24) is 19.7 Å². The number of rotatable bonds is 3. The Labute approximate surface area is 138 Å². The first-order valence-corrected chi connectivity index (χ1v) is 7.99. The molecular weight excluding hydrogens is 306 g/mol. The molecule has 0 amide bonds. The van der Waals surface area contributed by atoms with E-state index in [4.69, 9.17) is 5.73 Å². The first kappa shape index (κ1) is 15.0. The van der Waals surface area contributed by atoms with Gasteiger partial charge in [0.1, 0.15) is 18.2 Å². The van der Waals surface area contributed by atoms with E-state index in [0.29, 0.717) is 29.7 Å². The lowest BCUT2D eigenvalue weighted by molar-refractivity contribution is 0.00518. The van der Waals surface area contributed by atoms with E-state index in [9.17, 15) is 10.2 Å². The normalized spacial score (nSPS) is 26.9. The molecule has 1 aliphatic rings. The van der Waals surface area contributed by atoms with Crippen LogP contribution in [0.1, 0.15) is 18.0 Å². The van der Waals surface area contributed by atoms with Crippen LogP contribution >= 0.6 is 0 Å². The number of benzene rings is 1. The van der Waals surface area contributed by atoms with Gasteiger partial charge in [0.15, 0.2) is 5.65 Å². The predicted molar refractivity (Wildman–Crippen MR) is 89.0 cm³/mol. The predicted octanol–water partition coefficient (Wildman–Crippen LogP) is 0.934. The van der Waals surface area contributed by atoms with E-state index in [2.05, 4.69) is 15.1 Å². The van der Waals surface area contributed by atoms with Crippen LogP contribution in [-0.2, 0) is 6.42 Å². The Bertz CT molecular complexity index is 851. The molecule has 124 valence electrons. The molecule has 3 aromatic rings. The Morgan fingerprint density at radius 1 is 1.12 bits per heavy atom. The van der Waals surface area contributed by atoms with Gasteiger partial charge in [0.05, 0.1) is 23.7 Å². The van der Waals surface area contributed by atoms with Crippen LogP contribution in [0.4, 0.5) is 5.82 Å². The van der Waals surface area contributed by atoms with Gasteiger partial charge in [-0.1, -0.05) is 30.3 Å². The summed E-state index contributed by atoms with van der Waals surface area (Å²) in [6, 6.07) is 9.65. The average Bonchev–Trinajstić information content (AvgIpc) is 3.13. The fourth-order valence-corrected chi connectivity index (χ4v) is 3.58. The van der Waals surface area contributed by atoms with Crippen molar-refractivity contribution in [3.05, 3.63) is 48.4 Å². The minimum Gasteiger partial charge on any atom is -0.390 e. The summed E-state index contributed by atoms with van der Waals surface area (Å²) < 4.78 is 1.66. The van der Waals surface area contributed by atoms with Gasteiger partial charge in [0.2, 0.25) is 0 Å². The third-order valence-electron chi connectivity index (χ3n) is 4.85. The Kier molecular flexibility index (Phi) is 3.66. The van der Waals surface area contributed by atoms with E-state index in [1.165, 1.54) is 6.33 Å². The molecule has 4 N–H and O–H groups in total. The van der Waals surface area contributed by atoms with Crippen molar-refractivity contribution in [1.29, 1.82) is 0 Å². The molecule has 1 aromatic carbocycles. The highest BCUT2D eigenvalue weighted by Gasteiger charge is 2.43. The lowest BCUT2D eigenvalue weighted by Gasteiger charge is -2.17. The molecule has 0 bridgehead atoms. The number of anilines is 1. The van der Waals surface area contributed by atoms with Crippen molar-refractivity contribution in [3.63, 3.8) is 0 Å². The zero-order chi connectivity index (χ0) is 16.7. The van der Waals surface area contributed by atoms with Crippen molar-refractivity contribution >= 4 is 16.9 Å². The molecule has 1 saturated carbocycles. The number of aliphatic hydroxyl groups is 2. The minimum absolute atomic E-state index is 0.0363. The maximum Gasteiger partial charge on any atom is 0.163 e. The average molecular weight is 325 g/mol. The molecule has 2 heterocycles. The van der Waals surface area contributed by atoms with E-state index in [1.54, 1.807) is 10.9 Å². The summed E-state index contributed by atoms with van der Waals surface area (Å²) in [5.74, 6) is 0.325. The molecule has 7 nitrogen and oxygen atoms in total. The number of aromatic nitrogens is 4. The van der Waals surface area contributed by atoms with Crippen LogP contribution in [0.15, 0.2) is 42.9 Å². The Hall–Kier alpha value is -2.51. The second kappa shape index (κ2) is 5.85. The molecule has 0 radical (unpaired) electrons. The first-order valence-electron chi connectivity index (χ1n) is 7.99. The van der Waals surface area contributed by atoms with Crippen molar-refractivity contribution in [2.45, 2.75) is 31.1 Å². The van der Waals surface area contributed by atoms with Crippen LogP contribution < -0.4 is 5.73 Å². The quantitative estimate of drug-likeness (QED) is 0.661. The molecule has 7 heteroatoms. The van der Waals surface area contributed by atoms with Gasteiger partial charge < -0.3 is 15.9 Å². The van der Waals surface area contributed by atoms with Gasteiger partial charge in [0.25, 0.3) is 0 Å². The molecule has 2 aromatic heterocycles. The zero-order valence-electron chi connectivity index (χ0n) is 13.0. The summed E-state index contributed by atoms with van der Waals surface area (Å²) in [6.07, 6.45) is 2.64. The van der Waals surface area contributed by atoms with Gasteiger partial charge in [-0.3, -0.25) is 0 Å². The van der Waals surface area contributed by atoms with Crippen LogP contribution in [0.5, 0.6) is 0 Å². The summed E-state index contributed by atoms with van der Waals surface area (Å²) in [5.41, 5.74) is 7.57. The van der Waals surface area contributed by atoms with Gasteiger partial charge in [0, 0.05) is 0 Å². The van der Waals surface area contributed by atoms with Crippen LogP contribution in [0.2, 0.25) is 0 Å². The van der Waals surface area contributed by atoms with Gasteiger partial charge in [-0.2, -0.15) is 5.10 Å². The standard InChI is InChI=1S/C17H19N5O2/c18-16-12-8-21-22(17(12)20-9-19-16)13-7-11(14(23)15(13)24)6-10-4-2-1-3-5-10/h1-5,8-9,11,13-15,23-24H,6-7H2,(H2,18,19,20)/t11-,13+,14+,15-/m0/s1. The van der Waals surface area contributed by atoms with Crippen molar-refractivity contribution in [3.8, 4) is 0 Å². The Morgan fingerprint density at radius 3 is 2.71 bits per heavy atom. The third kappa shape index (κ3) is 2.42. The van der Waals surface area contributed by atoms with E-state index in [1.807, 2.05) is 30.3 Å². The molecule has 0 saturated heterocycles. The van der Waals surface area contributed by atoms with E-state index in [-0.39, 0.29) is 12.0 Å². The number of hydrogen-bond acceptors (Lipinski definition) is 6. The summed E-state index contributed by atoms with van der Waals surface area (Å²) in [5, 5.41) is 26.0. The molecule has 0 aliphatic heterocycles. The lowest BCUT2D eigenvalue weighted by Crippen LogP contribution is -2.30. The van der Waals surface area contributed by atoms with Gasteiger partial charge in [-0.25, -0.2) is 14.6 Å². The maximum atomic E-state index is 10.5. The highest BCUT2D eigenvalue weighted by Crippen LogP contribution is 2.38. The third-order valence-corrected chi connectivity index (χ3v) is 4.85. The highest BCUT2D eigenvalue weighted by atomic mass is 16.3. The molecule has 0 spiro atoms. The van der Waals surface area contributed by atoms with Crippen LogP contribution in [0.25, 0.3) is 11.0 Å². The first-order chi connectivity index (χ1) is 11.6. The van der Waals surface area contributed by atoms with E-state index >= 15 is 0 Å². The number of fused-ring (bicyclic) bond motifs is 1. The second-order valence-corrected chi connectivity index (χ2v) is 6.32. The Balaban J connectivity index is 1.63. The van der Waals surface area contributed by atoms with Crippen molar-refractivity contribution in [2.75, 3.05) is 5.73 Å². The molecule has 4 atom stereocenters. The summed E-state index contributed by atoms with van der Waals surface area (Å²) in [4.78, 5) is 8.19. The van der Waals surface area contributed by atoms with Gasteiger partial charge in [-0.05, 0) is 24.3 Å². The number of aliphatic hydroxyl groups excluding tert-OH is 2. The fraction of sp³-hybridized carbons (Fsp3) is 0.353. The summed E-state index contributed by atoms with van der Waals surface area (Å²) in [6.45, 7) is 0. The fourth-order valence-electron chi connectivity index (χ4n) is 3.58. The molecular formula is C17H19N5O2. The van der Waals surface area contributed by atoms with Crippen LogP contribution in [0.3, 0.4) is 0 Å². The van der Waals surface area contributed by atoms with Crippen LogP contribution in [0, 0.1) is 5.92 Å². The SMILES string of the molecule is Nc1ncnc2c1cnn2[C@@H]1C[C@H](Cc2ccccc2)[C@@H](O)[C@H]1O. The topological polar surface area (TPSA) is 110 Å². The van der Waals surface area contributed by atoms with Crippen LogP contribution in [-0.4, -0.2) is 42.2 Å². The number of nitrogens with zero attached hydrogens (tertiary/aromatic N) is 4. The molecule has 24 heavy (non-hydrogen) atoms. The lowest BCUT2D eigenvalue weighted by atomic mass is 9.96. The number of nitrogens with two attached hydrogens (primary N) is 1. The number of hydrogen-bond donors (Lipinski definition) is 3. The van der Waals surface area contributed by atoms with Crippen molar-refractivity contribution < 1.29 is 10.2 Å². The highest BCUT2D eigenvalue weighted by molar-refractivity contribution is 5.84. The molecule has 0 unspecified atom stereocenters. The maximum absolute atomic E-state index is 10.5. The van der Waals surface area contributed by atoms with E-state index < -0.39 is 12.2 Å². The minimum atomic E-state index is -0.891.